The molecule has 0 saturated heterocycles. The van der Waals surface area contributed by atoms with E-state index in [0.717, 1.165) is 73.8 Å². The van der Waals surface area contributed by atoms with Crippen LogP contribution in [0.3, 0.4) is 0 Å². The number of aliphatic hydroxyl groups is 2. The van der Waals surface area contributed by atoms with E-state index in [2.05, 4.69) is 360 Å². The van der Waals surface area contributed by atoms with E-state index in [9.17, 15) is 14.7 Å². The summed E-state index contributed by atoms with van der Waals surface area (Å²) in [6, 6.07) is 121. The first-order valence-corrected chi connectivity index (χ1v) is 46.9. The molecule has 0 spiro atoms. The summed E-state index contributed by atoms with van der Waals surface area (Å²) >= 11 is 0. The van der Waals surface area contributed by atoms with Gasteiger partial charge in [0, 0.05) is 136 Å². The molecule has 0 atom stereocenters. The number of carbonyl (C=O) groups excluding carboxylic acids is 2. The first-order valence-electron chi connectivity index (χ1n) is 46.9. The Kier molecular flexibility index (Phi) is 49.8. The monoisotopic (exact) mass is 2560 g/mol. The van der Waals surface area contributed by atoms with Gasteiger partial charge in [-0.25, -0.2) is 5.56 Å². The Morgan fingerprint density at radius 1 is 0.329 bits per heavy atom. The Morgan fingerprint density at radius 3 is 1.12 bits per heavy atom. The van der Waals surface area contributed by atoms with Gasteiger partial charge in [-0.15, -0.1) is 213 Å². The molecule has 13 heteroatoms. The largest absolute Gasteiger partial charge is 0.512 e. The summed E-state index contributed by atoms with van der Waals surface area (Å²) < 4.78 is 0. The van der Waals surface area contributed by atoms with Crippen LogP contribution in [-0.2, 0) is 113 Å². The van der Waals surface area contributed by atoms with E-state index in [4.69, 9.17) is 5.11 Å². The number of benzene rings is 11. The van der Waals surface area contributed by atoms with Gasteiger partial charge in [0.25, 0.3) is 0 Å². The number of aliphatic hydroxyl groups excluding tert-OH is 2. The van der Waals surface area contributed by atoms with Gasteiger partial charge in [0.05, 0.1) is 11.5 Å². The van der Waals surface area contributed by atoms with Gasteiger partial charge in [0.1, 0.15) is 0 Å². The van der Waals surface area contributed by atoms with Crippen molar-refractivity contribution in [1.82, 2.24) is 24.9 Å². The van der Waals surface area contributed by atoms with Gasteiger partial charge in [-0.05, 0) is 161 Å². The molecule has 0 fully saturated rings. The first kappa shape index (κ1) is 119. The van der Waals surface area contributed by atoms with Crippen molar-refractivity contribution < 1.29 is 100 Å². The second-order valence-corrected chi connectivity index (χ2v) is 38.9. The fourth-order valence-electron chi connectivity index (χ4n) is 14.7. The molecule has 734 valence electrons. The zero-order valence-corrected chi connectivity index (χ0v) is 94.9. The van der Waals surface area contributed by atoms with Crippen molar-refractivity contribution in [2.24, 2.45) is 17.8 Å². The minimum absolute atomic E-state index is 0. The van der Waals surface area contributed by atoms with Gasteiger partial charge in [-0.2, -0.15) is 29.8 Å². The van der Waals surface area contributed by atoms with Gasteiger partial charge >= 0.3 is 0 Å². The molecular formula is C127H134Ir4N5O4-7. The number of aryl methyl sites for hydroxylation is 6. The third-order valence-electron chi connectivity index (χ3n) is 21.6. The fourth-order valence-corrected chi connectivity index (χ4v) is 14.7. The number of fused-ring (bicyclic) bond motifs is 1. The molecule has 4 radical (unpaired) electrons. The van der Waals surface area contributed by atoms with E-state index >= 15 is 0 Å². The van der Waals surface area contributed by atoms with Gasteiger partial charge < -0.3 is 35.1 Å². The van der Waals surface area contributed by atoms with Gasteiger partial charge in [-0.3, -0.25) is 9.59 Å². The van der Waals surface area contributed by atoms with Crippen LogP contribution in [0.15, 0.2) is 340 Å². The van der Waals surface area contributed by atoms with E-state index in [0.29, 0.717) is 30.6 Å². The summed E-state index contributed by atoms with van der Waals surface area (Å²) in [5.41, 5.74) is 32.7. The van der Waals surface area contributed by atoms with Crippen LogP contribution in [0.25, 0.3) is 112 Å². The number of hydrogen-bond acceptors (Lipinski definition) is 9. The van der Waals surface area contributed by atoms with Crippen LogP contribution in [0, 0.1) is 102 Å². The normalized spacial score (nSPS) is 10.9. The zero-order chi connectivity index (χ0) is 98.7. The number of hydrogen-bond donors (Lipinski definition) is 2. The van der Waals surface area contributed by atoms with Gasteiger partial charge in [0.2, 0.25) is 0 Å². The smallest absolute Gasteiger partial charge is 0.159 e. The maximum Gasteiger partial charge on any atom is 0.159 e. The summed E-state index contributed by atoms with van der Waals surface area (Å²) in [6.45, 7) is 47.9. The second-order valence-electron chi connectivity index (χ2n) is 38.9. The van der Waals surface area contributed by atoms with Crippen molar-refractivity contribution >= 4 is 22.3 Å². The minimum Gasteiger partial charge on any atom is -0.512 e. The molecule has 0 aliphatic heterocycles. The minimum atomic E-state index is -0.125. The predicted molar refractivity (Wildman–Crippen MR) is 571 cm³/mol. The average molecular weight is 2560 g/mol. The number of rotatable bonds is 17. The molecule has 5 heterocycles. The molecular weight excluding hydrogens is 2430 g/mol. The summed E-state index contributed by atoms with van der Waals surface area (Å²) in [5.74, 6) is 1.55. The molecule has 5 aromatic heterocycles. The summed E-state index contributed by atoms with van der Waals surface area (Å²) in [7, 11) is 0. The molecule has 2 N–H and O–H groups in total. The zero-order valence-electron chi connectivity index (χ0n) is 85.3. The van der Waals surface area contributed by atoms with Crippen LogP contribution in [0.1, 0.15) is 186 Å². The van der Waals surface area contributed by atoms with Gasteiger partial charge in [0.15, 0.2) is 11.6 Å². The number of allylic oxidation sites excluding steroid dienone is 4. The number of ketones is 2. The fraction of sp³-hybridized carbons (Fsp3) is 0.252. The van der Waals surface area contributed by atoms with Crippen LogP contribution in [0.4, 0.5) is 0 Å². The number of carbonyl (C=O) groups is 2. The average Bonchev–Trinajstić information content (AvgIpc) is 0.784. The summed E-state index contributed by atoms with van der Waals surface area (Å²) in [4.78, 5) is 43.7. The van der Waals surface area contributed by atoms with Crippen molar-refractivity contribution in [2.45, 2.75) is 195 Å². The van der Waals surface area contributed by atoms with Crippen molar-refractivity contribution in [2.75, 3.05) is 0 Å². The molecule has 140 heavy (non-hydrogen) atoms. The summed E-state index contributed by atoms with van der Waals surface area (Å²) in [5, 5.41) is 20.3. The number of nitrogens with zero attached hydrogens (tertiary/aromatic N) is 5. The van der Waals surface area contributed by atoms with Crippen LogP contribution < -0.4 is 0 Å². The van der Waals surface area contributed by atoms with Crippen molar-refractivity contribution in [1.29, 1.82) is 0 Å². The maximum absolute atomic E-state index is 11.2. The molecule has 0 saturated carbocycles. The van der Waals surface area contributed by atoms with Gasteiger partial charge in [-0.1, -0.05) is 285 Å². The van der Waals surface area contributed by atoms with Crippen LogP contribution >= 0.6 is 0 Å². The first-order chi connectivity index (χ1) is 64.7. The molecule has 0 amide bonds. The van der Waals surface area contributed by atoms with Crippen LogP contribution in [-0.4, -0.2) is 46.7 Å². The number of aromatic nitrogens is 5. The second kappa shape index (κ2) is 58.6. The van der Waals surface area contributed by atoms with Crippen molar-refractivity contribution in [3.63, 3.8) is 0 Å². The third-order valence-corrected chi connectivity index (χ3v) is 21.6. The van der Waals surface area contributed by atoms with Crippen molar-refractivity contribution in [3.05, 3.63) is 438 Å². The van der Waals surface area contributed by atoms with Crippen LogP contribution in [0.2, 0.25) is 0 Å². The maximum atomic E-state index is 11.2. The molecule has 0 bridgehead atoms. The summed E-state index contributed by atoms with van der Waals surface area (Å²) in [6.07, 6.45) is 14.4. The molecule has 0 aliphatic carbocycles. The topological polar surface area (TPSA) is 139 Å². The number of pyridine rings is 5. The quantitative estimate of drug-likeness (QED) is 0.0518. The molecule has 16 rings (SSSR count). The molecule has 0 unspecified atom stereocenters. The molecule has 0 aliphatic rings. The molecule has 11 aromatic carbocycles. The van der Waals surface area contributed by atoms with Crippen molar-refractivity contribution in [3.8, 4) is 101 Å². The van der Waals surface area contributed by atoms with E-state index in [-0.39, 0.29) is 120 Å². The Morgan fingerprint density at radius 2 is 0.736 bits per heavy atom. The Balaban J connectivity index is 0.000000285. The molecule has 9 nitrogen and oxygen atoms in total. The predicted octanol–water partition coefficient (Wildman–Crippen LogP) is 32.9. The Bertz CT molecular complexity index is 6370. The van der Waals surface area contributed by atoms with Crippen LogP contribution in [0.5, 0.6) is 0 Å². The third kappa shape index (κ3) is 40.6. The van der Waals surface area contributed by atoms with E-state index < -0.39 is 0 Å². The standard InChI is InChI=1S/C23H24.C21H20N.C19H16N.C18H14N.2C15H16N.C11H20O2.C5H8O2.4Ir/c1-15(2)8-22-14-21(20-10-17(4)9-18(5)11-20)13-19-7-6-16(3)12-23(19)22;1-21(2,3)19-12-13-20(22-15-19)18-11-7-10-17(14-18)16-8-5-4-6-9-16;1-14-10-15(2)12-18(11-14)17-8-9-20-19(13-17)16-6-4-3-5-7-16;1-14-10-11-18(19-13-14)17-9-5-8-16(12-17)15-6-3-2-4-7-15;2*1-15(2,3)13-9-10-14(16-11-13)12-7-5-4-6-8-12;1-8(2)5-10(12)7-11(13)6-9(3)4;1-4(6)3-5(2)7;;;;/h6-7,9-10,12,14-15H,8H2,1-5H3;4-10,12-15H,1-3H3;3-6,8-13H,1-2H3;2-8,10-13H,1H3;2*4-7,9-11H,1-3H3;7-9,12H,5-6H2,1-4H3;3,6H,1-2H3;;;;/q-2;5*-1;;;;;;. The Labute approximate surface area is 890 Å². The Hall–Kier alpha value is -11.6. The van der Waals surface area contributed by atoms with E-state index in [1.165, 1.54) is 126 Å². The SMILES string of the molecule is CC(=O)C=C(C)O.CC(C)(C)c1ccc(-c2[c-]ccc(-c3ccccc3)c2)nc1.CC(C)(C)c1ccc(-c2[c-]cccc2)nc1.CC(C)(C)c1ccc(-c2[c-]cccc2)nc1.CC(C)CC(=O)C=C(O)CC(C)C.Cc1[c-]c(-c2[c-]c3ccc(C)cc3c(CC(C)C)c2)cc(C)c1.Cc1cc(C)cc(-c2ccnc(-c3[c-]cccc3)c2)c1.Cc1ccc(-c2[c-]ccc(-c3ccccc3)c2)nc1.[Ir].[Ir].[Ir].[Ir]. The molecule has 16 aromatic rings. The van der Waals surface area contributed by atoms with E-state index in [1.807, 2.05) is 169 Å². The van der Waals surface area contributed by atoms with E-state index in [1.54, 1.807) is 0 Å².